The highest BCUT2D eigenvalue weighted by Gasteiger charge is 2.51. The number of para-hydroxylation sites is 2. The molecule has 0 saturated carbocycles. The van der Waals surface area contributed by atoms with Gasteiger partial charge in [0.1, 0.15) is 11.2 Å². The molecule has 1 unspecified atom stereocenters. The number of hydrogen-bond donors (Lipinski definition) is 0. The second kappa shape index (κ2) is 11.2. The van der Waals surface area contributed by atoms with Crippen molar-refractivity contribution in [2.24, 2.45) is 0 Å². The number of nitrogens with zero attached hydrogens (tertiary/aromatic N) is 1. The minimum atomic E-state index is -0.344. The molecule has 246 valence electrons. The van der Waals surface area contributed by atoms with Crippen molar-refractivity contribution >= 4 is 67.3 Å². The Morgan fingerprint density at radius 2 is 1.48 bits per heavy atom. The number of hydrogen-bond acceptors (Lipinski definition) is 2. The number of benzene rings is 6. The zero-order valence-corrected chi connectivity index (χ0v) is 29.3. The molecule has 0 fully saturated rings. The lowest BCUT2D eigenvalue weighted by Gasteiger charge is -2.42. The van der Waals surface area contributed by atoms with Crippen LogP contribution in [-0.2, 0) is 5.41 Å². The van der Waals surface area contributed by atoms with Crippen LogP contribution in [0.25, 0.3) is 66.6 Å². The van der Waals surface area contributed by atoms with E-state index in [-0.39, 0.29) is 5.41 Å². The van der Waals surface area contributed by atoms with E-state index in [1.54, 1.807) is 0 Å². The Morgan fingerprint density at radius 1 is 0.692 bits per heavy atom. The van der Waals surface area contributed by atoms with E-state index in [2.05, 4.69) is 157 Å². The third-order valence-electron chi connectivity index (χ3n) is 11.4. The molecule has 3 heteroatoms. The molecule has 0 N–H and O–H groups in total. The van der Waals surface area contributed by atoms with E-state index in [0.717, 1.165) is 45.9 Å². The monoisotopic (exact) mass is 683 g/mol. The Kier molecular flexibility index (Phi) is 6.41. The zero-order valence-electron chi connectivity index (χ0n) is 28.5. The van der Waals surface area contributed by atoms with Gasteiger partial charge in [0, 0.05) is 37.5 Å². The van der Waals surface area contributed by atoms with Gasteiger partial charge >= 0.3 is 0 Å². The molecule has 1 atom stereocenters. The summed E-state index contributed by atoms with van der Waals surface area (Å²) in [6.07, 6.45) is 15.3. The van der Waals surface area contributed by atoms with Gasteiger partial charge < -0.3 is 8.98 Å². The summed E-state index contributed by atoms with van der Waals surface area (Å²) in [5, 5.41) is 4.76. The van der Waals surface area contributed by atoms with E-state index in [9.17, 15) is 0 Å². The lowest BCUT2D eigenvalue weighted by atomic mass is 9.65. The number of thioether (sulfide) groups is 1. The molecule has 1 aliphatic heterocycles. The summed E-state index contributed by atoms with van der Waals surface area (Å²) in [5.41, 5.74) is 14.4. The molecule has 2 aliphatic carbocycles. The largest absolute Gasteiger partial charge is 0.456 e. The van der Waals surface area contributed by atoms with Crippen LogP contribution in [0.2, 0.25) is 0 Å². The van der Waals surface area contributed by atoms with Crippen molar-refractivity contribution in [2.45, 2.75) is 23.2 Å². The molecule has 52 heavy (non-hydrogen) atoms. The van der Waals surface area contributed by atoms with Crippen molar-refractivity contribution < 1.29 is 4.42 Å². The SMILES string of the molecule is C=C/C=C(\C=C/n1c2ccccc2c2cc3c(cc21)C1(C2=C(C=CCC2)Sc2ccccc21)c1ccccc1-3)c1ccc2oc3ccccc3c2c1. The topological polar surface area (TPSA) is 18.1 Å². The van der Waals surface area contributed by atoms with Gasteiger partial charge in [0.25, 0.3) is 0 Å². The minimum Gasteiger partial charge on any atom is -0.456 e. The van der Waals surface area contributed by atoms with Gasteiger partial charge in [0.2, 0.25) is 0 Å². The Hall–Kier alpha value is -6.03. The van der Waals surface area contributed by atoms with Crippen molar-refractivity contribution in [3.63, 3.8) is 0 Å². The highest BCUT2D eigenvalue weighted by molar-refractivity contribution is 8.03. The summed E-state index contributed by atoms with van der Waals surface area (Å²) in [4.78, 5) is 2.74. The summed E-state index contributed by atoms with van der Waals surface area (Å²) in [6, 6.07) is 46.8. The van der Waals surface area contributed by atoms with Gasteiger partial charge in [0.15, 0.2) is 0 Å². The normalized spacial score (nSPS) is 17.8. The third kappa shape index (κ3) is 4.03. The quantitative estimate of drug-likeness (QED) is 0.172. The average molecular weight is 684 g/mol. The fraction of sp³-hybridized carbons (Fsp3) is 0.0612. The zero-order chi connectivity index (χ0) is 34.4. The van der Waals surface area contributed by atoms with Gasteiger partial charge in [0.05, 0.1) is 16.4 Å². The Labute approximate surface area is 306 Å². The van der Waals surface area contributed by atoms with Crippen LogP contribution < -0.4 is 0 Å². The summed E-state index contributed by atoms with van der Waals surface area (Å²) in [5.74, 6) is 0. The second-order valence-electron chi connectivity index (χ2n) is 14.0. The maximum Gasteiger partial charge on any atom is 0.135 e. The van der Waals surface area contributed by atoms with Crippen LogP contribution >= 0.6 is 11.8 Å². The molecule has 6 aromatic carbocycles. The standard InChI is InChI=1S/C49H33NOS/c1-2-13-31(32-24-25-46-38(28-32)35-16-5-10-21-45(35)51-46)26-27-50-43-20-9-4-15-34(43)37-29-36-33-14-3-6-17-39(33)49(42(36)30-44(37)50)40-18-7-11-22-47(40)52-48-23-12-8-19-41(48)49/h2-7,9-18,20-30H,1,8,19H2/b27-26-,31-13+. The van der Waals surface area contributed by atoms with Crippen molar-refractivity contribution in [1.29, 1.82) is 0 Å². The smallest absolute Gasteiger partial charge is 0.135 e. The molecule has 1 spiro atoms. The van der Waals surface area contributed by atoms with Crippen LogP contribution in [0.4, 0.5) is 0 Å². The van der Waals surface area contributed by atoms with E-state index in [1.807, 2.05) is 30.0 Å². The van der Waals surface area contributed by atoms with Crippen LogP contribution in [0.1, 0.15) is 35.1 Å². The molecular weight excluding hydrogens is 651 g/mol. The molecule has 11 rings (SSSR count). The van der Waals surface area contributed by atoms with Gasteiger partial charge in [-0.25, -0.2) is 0 Å². The van der Waals surface area contributed by atoms with Gasteiger partial charge in [-0.3, -0.25) is 0 Å². The van der Waals surface area contributed by atoms with Gasteiger partial charge in [-0.05, 0) is 106 Å². The molecule has 8 aromatic rings. The molecule has 2 nitrogen and oxygen atoms in total. The number of aromatic nitrogens is 1. The van der Waals surface area contributed by atoms with E-state index in [0.29, 0.717) is 0 Å². The van der Waals surface area contributed by atoms with Gasteiger partial charge in [-0.15, -0.1) is 0 Å². The summed E-state index contributed by atoms with van der Waals surface area (Å²) in [7, 11) is 0. The molecular formula is C49H33NOS. The Morgan fingerprint density at radius 3 is 2.40 bits per heavy atom. The highest BCUT2D eigenvalue weighted by Crippen LogP contribution is 2.64. The molecule has 3 aliphatic rings. The maximum absolute atomic E-state index is 6.15. The van der Waals surface area contributed by atoms with E-state index in [1.165, 1.54) is 65.0 Å². The molecule has 0 bridgehead atoms. The predicted molar refractivity (Wildman–Crippen MR) is 220 cm³/mol. The lowest BCUT2D eigenvalue weighted by molar-refractivity contribution is 0.669. The fourth-order valence-electron chi connectivity index (χ4n) is 9.24. The van der Waals surface area contributed by atoms with Crippen molar-refractivity contribution in [1.82, 2.24) is 4.57 Å². The Bertz CT molecular complexity index is 2960. The summed E-state index contributed by atoms with van der Waals surface area (Å²) in [6.45, 7) is 4.09. The van der Waals surface area contributed by atoms with Crippen molar-refractivity contribution in [3.8, 4) is 11.1 Å². The summed E-state index contributed by atoms with van der Waals surface area (Å²) >= 11 is 1.93. The van der Waals surface area contributed by atoms with Gasteiger partial charge in [-0.1, -0.05) is 128 Å². The van der Waals surface area contributed by atoms with Gasteiger partial charge in [-0.2, -0.15) is 0 Å². The van der Waals surface area contributed by atoms with Crippen molar-refractivity contribution in [3.05, 3.63) is 197 Å². The first kappa shape index (κ1) is 29.7. The number of furan rings is 1. The number of allylic oxidation sites excluding steroid dienone is 7. The van der Waals surface area contributed by atoms with Crippen LogP contribution in [0.5, 0.6) is 0 Å². The predicted octanol–water partition coefficient (Wildman–Crippen LogP) is 13.5. The van der Waals surface area contributed by atoms with E-state index >= 15 is 0 Å². The molecule has 0 amide bonds. The Balaban J connectivity index is 1.16. The molecule has 2 aromatic heterocycles. The minimum absolute atomic E-state index is 0.344. The highest BCUT2D eigenvalue weighted by atomic mass is 32.2. The first-order chi connectivity index (χ1) is 25.7. The average Bonchev–Trinajstić information content (AvgIpc) is 3.82. The van der Waals surface area contributed by atoms with Crippen LogP contribution in [0.15, 0.2) is 184 Å². The lowest BCUT2D eigenvalue weighted by Crippen LogP contribution is -2.33. The number of fused-ring (bicyclic) bond motifs is 14. The van der Waals surface area contributed by atoms with E-state index < -0.39 is 0 Å². The fourth-order valence-corrected chi connectivity index (χ4v) is 10.5. The van der Waals surface area contributed by atoms with Crippen LogP contribution in [0.3, 0.4) is 0 Å². The second-order valence-corrected chi connectivity index (χ2v) is 15.0. The molecule has 0 radical (unpaired) electrons. The summed E-state index contributed by atoms with van der Waals surface area (Å²) < 4.78 is 8.55. The first-order valence-corrected chi connectivity index (χ1v) is 18.8. The van der Waals surface area contributed by atoms with Crippen LogP contribution in [-0.4, -0.2) is 4.57 Å². The first-order valence-electron chi connectivity index (χ1n) is 18.0. The maximum atomic E-state index is 6.15. The third-order valence-corrected chi connectivity index (χ3v) is 12.6. The molecule has 3 heterocycles. The van der Waals surface area contributed by atoms with Crippen molar-refractivity contribution in [2.75, 3.05) is 0 Å². The van der Waals surface area contributed by atoms with E-state index in [4.69, 9.17) is 4.42 Å². The van der Waals surface area contributed by atoms with Crippen LogP contribution in [0, 0.1) is 0 Å². The number of rotatable bonds is 4. The molecule has 0 saturated heterocycles.